The minimum absolute atomic E-state index is 0.0724. The zero-order valence-electron chi connectivity index (χ0n) is 15.3. The monoisotopic (exact) mass is 359 g/mol. The van der Waals surface area contributed by atoms with Gasteiger partial charge in [0.05, 0.1) is 19.6 Å². The number of methoxy groups -OCH3 is 2. The number of benzene rings is 1. The highest BCUT2D eigenvalue weighted by atomic mass is 16.5. The van der Waals surface area contributed by atoms with Crippen molar-refractivity contribution in [3.05, 3.63) is 41.5 Å². The number of likely N-dealkylation sites (tertiary alicyclic amines) is 1. The van der Waals surface area contributed by atoms with Crippen molar-refractivity contribution in [3.8, 4) is 5.75 Å². The maximum Gasteiger partial charge on any atom is 0.252 e. The molecule has 0 radical (unpaired) electrons. The van der Waals surface area contributed by atoms with E-state index in [0.29, 0.717) is 24.7 Å². The smallest absolute Gasteiger partial charge is 0.252 e. The minimum atomic E-state index is -0.148. The van der Waals surface area contributed by atoms with Crippen LogP contribution in [0.5, 0.6) is 5.75 Å². The molecule has 3 rings (SSSR count). The van der Waals surface area contributed by atoms with E-state index in [1.807, 2.05) is 29.2 Å². The first-order valence-corrected chi connectivity index (χ1v) is 8.95. The topological polar surface area (TPSA) is 77.7 Å². The third-order valence-electron chi connectivity index (χ3n) is 4.61. The van der Waals surface area contributed by atoms with Crippen molar-refractivity contribution in [2.24, 2.45) is 0 Å². The molecule has 2 aromatic rings. The Morgan fingerprint density at radius 3 is 3.00 bits per heavy atom. The number of ether oxygens (including phenoxy) is 2. The highest BCUT2D eigenvalue weighted by molar-refractivity contribution is 5.79. The lowest BCUT2D eigenvalue weighted by Gasteiger charge is -2.28. The molecule has 1 aliphatic rings. The van der Waals surface area contributed by atoms with Gasteiger partial charge in [0.1, 0.15) is 12.4 Å². The molecule has 1 aromatic heterocycles. The summed E-state index contributed by atoms with van der Waals surface area (Å²) in [5.74, 6) is 1.83. The van der Waals surface area contributed by atoms with Crippen molar-refractivity contribution in [2.45, 2.75) is 44.8 Å². The normalized spacial score (nSPS) is 17.8. The predicted octanol–water partition coefficient (Wildman–Crippen LogP) is 2.91. The standard InChI is InChI=1S/C19H25N3O4/c1-24-13-17-20-19(21-26-17)16-9-4-3-5-10-22(16)18(23)12-14-7-6-8-15(11-14)25-2/h6-8,11,16H,3-5,9-10,12-13H2,1-2H3. The van der Waals surface area contributed by atoms with Gasteiger partial charge in [-0.1, -0.05) is 30.1 Å². The molecule has 140 valence electrons. The number of aromatic nitrogens is 2. The van der Waals surface area contributed by atoms with Crippen molar-refractivity contribution >= 4 is 5.91 Å². The zero-order chi connectivity index (χ0) is 18.4. The molecule has 1 atom stereocenters. The van der Waals surface area contributed by atoms with E-state index in [0.717, 1.165) is 37.0 Å². The number of hydrogen-bond donors (Lipinski definition) is 0. The van der Waals surface area contributed by atoms with E-state index >= 15 is 0 Å². The quantitative estimate of drug-likeness (QED) is 0.789. The van der Waals surface area contributed by atoms with E-state index in [1.165, 1.54) is 0 Å². The third kappa shape index (κ3) is 4.40. The number of amides is 1. The number of rotatable bonds is 6. The fraction of sp³-hybridized carbons (Fsp3) is 0.526. The highest BCUT2D eigenvalue weighted by Gasteiger charge is 2.30. The van der Waals surface area contributed by atoms with Gasteiger partial charge in [0, 0.05) is 13.7 Å². The summed E-state index contributed by atoms with van der Waals surface area (Å²) in [7, 11) is 3.21. The van der Waals surface area contributed by atoms with Crippen LogP contribution in [-0.2, 0) is 22.6 Å². The summed E-state index contributed by atoms with van der Waals surface area (Å²) < 4.78 is 15.5. The Hall–Kier alpha value is -2.41. The first kappa shape index (κ1) is 18.4. The average molecular weight is 359 g/mol. The fourth-order valence-corrected chi connectivity index (χ4v) is 3.32. The van der Waals surface area contributed by atoms with Crippen LogP contribution in [0.25, 0.3) is 0 Å². The first-order chi connectivity index (χ1) is 12.7. The van der Waals surface area contributed by atoms with Crippen LogP contribution in [0.3, 0.4) is 0 Å². The Kier molecular flexibility index (Phi) is 6.22. The molecule has 0 N–H and O–H groups in total. The van der Waals surface area contributed by atoms with Gasteiger partial charge in [-0.15, -0.1) is 0 Å². The Morgan fingerprint density at radius 2 is 2.19 bits per heavy atom. The SMILES string of the molecule is COCc1nc(C2CCCCCN2C(=O)Cc2cccc(OC)c2)no1. The predicted molar refractivity (Wildman–Crippen MR) is 94.6 cm³/mol. The molecule has 7 nitrogen and oxygen atoms in total. The second-order valence-electron chi connectivity index (χ2n) is 6.46. The molecule has 0 bridgehead atoms. The summed E-state index contributed by atoms with van der Waals surface area (Å²) in [6, 6.07) is 7.47. The van der Waals surface area contributed by atoms with Gasteiger partial charge in [-0.05, 0) is 30.5 Å². The molecule has 2 heterocycles. The number of nitrogens with zero attached hydrogens (tertiary/aromatic N) is 3. The van der Waals surface area contributed by atoms with Crippen molar-refractivity contribution in [3.63, 3.8) is 0 Å². The molecular formula is C19H25N3O4. The van der Waals surface area contributed by atoms with Crippen LogP contribution in [0.1, 0.15) is 49.0 Å². The van der Waals surface area contributed by atoms with Gasteiger partial charge in [0.2, 0.25) is 5.91 Å². The van der Waals surface area contributed by atoms with E-state index in [4.69, 9.17) is 14.0 Å². The second kappa shape index (κ2) is 8.80. The molecule has 1 fully saturated rings. The molecular weight excluding hydrogens is 334 g/mol. The van der Waals surface area contributed by atoms with Gasteiger partial charge in [-0.3, -0.25) is 4.79 Å². The maximum absolute atomic E-state index is 13.0. The molecule has 1 unspecified atom stereocenters. The van der Waals surface area contributed by atoms with E-state index in [9.17, 15) is 4.79 Å². The number of carbonyl (C=O) groups is 1. The second-order valence-corrected chi connectivity index (χ2v) is 6.46. The maximum atomic E-state index is 13.0. The fourth-order valence-electron chi connectivity index (χ4n) is 3.32. The van der Waals surface area contributed by atoms with Crippen molar-refractivity contribution in [2.75, 3.05) is 20.8 Å². The summed E-state index contributed by atoms with van der Waals surface area (Å²) in [5, 5.41) is 4.09. The van der Waals surface area contributed by atoms with Crippen LogP contribution in [0.2, 0.25) is 0 Å². The lowest BCUT2D eigenvalue weighted by Crippen LogP contribution is -2.36. The van der Waals surface area contributed by atoms with Crippen LogP contribution in [-0.4, -0.2) is 41.7 Å². The van der Waals surface area contributed by atoms with Crippen LogP contribution < -0.4 is 4.74 Å². The van der Waals surface area contributed by atoms with E-state index in [1.54, 1.807) is 14.2 Å². The van der Waals surface area contributed by atoms with Gasteiger partial charge in [-0.25, -0.2) is 0 Å². The lowest BCUT2D eigenvalue weighted by atomic mass is 10.1. The lowest BCUT2D eigenvalue weighted by molar-refractivity contribution is -0.133. The Morgan fingerprint density at radius 1 is 1.31 bits per heavy atom. The average Bonchev–Trinajstić information content (AvgIpc) is 2.97. The molecule has 1 amide bonds. The third-order valence-corrected chi connectivity index (χ3v) is 4.61. The van der Waals surface area contributed by atoms with E-state index in [2.05, 4.69) is 10.1 Å². The molecule has 1 aliphatic heterocycles. The van der Waals surface area contributed by atoms with Crippen LogP contribution in [0.4, 0.5) is 0 Å². The van der Waals surface area contributed by atoms with Gasteiger partial charge < -0.3 is 18.9 Å². The Balaban J connectivity index is 1.77. The highest BCUT2D eigenvalue weighted by Crippen LogP contribution is 2.29. The minimum Gasteiger partial charge on any atom is -0.497 e. The van der Waals surface area contributed by atoms with Crippen molar-refractivity contribution in [1.82, 2.24) is 15.0 Å². The summed E-state index contributed by atoms with van der Waals surface area (Å²) in [4.78, 5) is 19.3. The van der Waals surface area contributed by atoms with Crippen molar-refractivity contribution < 1.29 is 18.8 Å². The Labute approximate surface area is 153 Å². The first-order valence-electron chi connectivity index (χ1n) is 8.95. The van der Waals surface area contributed by atoms with Gasteiger partial charge in [0.15, 0.2) is 5.82 Å². The van der Waals surface area contributed by atoms with Gasteiger partial charge in [0.25, 0.3) is 5.89 Å². The summed E-state index contributed by atoms with van der Waals surface area (Å²) in [6.45, 7) is 0.985. The van der Waals surface area contributed by atoms with Crippen LogP contribution in [0.15, 0.2) is 28.8 Å². The van der Waals surface area contributed by atoms with Gasteiger partial charge in [-0.2, -0.15) is 4.98 Å². The Bertz CT molecular complexity index is 731. The molecule has 26 heavy (non-hydrogen) atoms. The van der Waals surface area contributed by atoms with Gasteiger partial charge >= 0.3 is 0 Å². The zero-order valence-corrected chi connectivity index (χ0v) is 15.3. The summed E-state index contributed by atoms with van der Waals surface area (Å²) >= 11 is 0. The molecule has 1 aromatic carbocycles. The number of hydrogen-bond acceptors (Lipinski definition) is 6. The number of carbonyl (C=O) groups excluding carboxylic acids is 1. The van der Waals surface area contributed by atoms with E-state index < -0.39 is 0 Å². The van der Waals surface area contributed by atoms with E-state index in [-0.39, 0.29) is 18.6 Å². The van der Waals surface area contributed by atoms with Crippen molar-refractivity contribution in [1.29, 1.82) is 0 Å². The molecule has 7 heteroatoms. The molecule has 0 spiro atoms. The summed E-state index contributed by atoms with van der Waals surface area (Å²) in [5.41, 5.74) is 0.936. The molecule has 1 saturated heterocycles. The largest absolute Gasteiger partial charge is 0.497 e. The van der Waals surface area contributed by atoms with Crippen LogP contribution in [0, 0.1) is 0 Å². The summed E-state index contributed by atoms with van der Waals surface area (Å²) in [6.07, 6.45) is 4.30. The van der Waals surface area contributed by atoms with Crippen LogP contribution >= 0.6 is 0 Å². The molecule has 0 saturated carbocycles. The molecule has 0 aliphatic carbocycles.